The van der Waals surface area contributed by atoms with Gasteiger partial charge in [-0.05, 0) is 49.2 Å². The maximum absolute atomic E-state index is 13.1. The minimum atomic E-state index is -3.40. The van der Waals surface area contributed by atoms with Crippen LogP contribution in [0.2, 0.25) is 0 Å². The van der Waals surface area contributed by atoms with Crippen molar-refractivity contribution in [3.63, 3.8) is 0 Å². The van der Waals surface area contributed by atoms with E-state index in [0.717, 1.165) is 11.9 Å². The molecule has 192 valence electrons. The van der Waals surface area contributed by atoms with E-state index in [4.69, 9.17) is 0 Å². The van der Waals surface area contributed by atoms with Crippen LogP contribution in [-0.4, -0.2) is 68.6 Å². The molecule has 1 aliphatic heterocycles. The topological polar surface area (TPSA) is 139 Å². The molecule has 2 aromatic carbocycles. The zero-order valence-corrected chi connectivity index (χ0v) is 20.9. The van der Waals surface area contributed by atoms with E-state index in [9.17, 15) is 23.1 Å². The molecule has 0 saturated carbocycles. The Hall–Kier alpha value is -4.03. The third-order valence-electron chi connectivity index (χ3n) is 6.44. The number of aliphatic hydroxyl groups is 1. The molecule has 12 heteroatoms. The predicted octanol–water partition coefficient (Wildman–Crippen LogP) is 1.62. The average Bonchev–Trinajstić information content (AvgIpc) is 3.31. The van der Waals surface area contributed by atoms with Crippen LogP contribution in [0, 0.1) is 0 Å². The number of likely N-dealkylation sites (tertiary alicyclic amines) is 1. The fraction of sp³-hybridized carbons (Fsp3) is 0.280. The lowest BCUT2D eigenvalue weighted by Crippen LogP contribution is -2.49. The largest absolute Gasteiger partial charge is 0.388 e. The lowest BCUT2D eigenvalue weighted by Gasteiger charge is -2.38. The van der Waals surface area contributed by atoms with Crippen molar-refractivity contribution in [2.45, 2.75) is 25.0 Å². The van der Waals surface area contributed by atoms with E-state index >= 15 is 0 Å². The van der Waals surface area contributed by atoms with Gasteiger partial charge >= 0.3 is 0 Å². The summed E-state index contributed by atoms with van der Waals surface area (Å²) < 4.78 is 28.1. The number of hydrogen-bond acceptors (Lipinski definition) is 7. The van der Waals surface area contributed by atoms with Gasteiger partial charge in [0.1, 0.15) is 11.7 Å². The molecule has 0 aliphatic carbocycles. The van der Waals surface area contributed by atoms with Crippen molar-refractivity contribution in [1.29, 1.82) is 0 Å². The van der Waals surface area contributed by atoms with Gasteiger partial charge in [-0.1, -0.05) is 18.2 Å². The zero-order chi connectivity index (χ0) is 26.2. The first kappa shape index (κ1) is 24.7. The number of aromatic nitrogens is 4. The van der Waals surface area contributed by atoms with Crippen LogP contribution in [0.3, 0.4) is 0 Å². The fourth-order valence-corrected chi connectivity index (χ4v) is 5.06. The SMILES string of the molecule is CS(=O)(=O)Nc1ccc(C(=O)N2CCC(O)(Cn3cnc4c(cnn4-c4ccccc4)c3=O)CC2)cc1. The van der Waals surface area contributed by atoms with Crippen molar-refractivity contribution in [1.82, 2.24) is 24.2 Å². The van der Waals surface area contributed by atoms with Crippen molar-refractivity contribution in [3.8, 4) is 5.69 Å². The van der Waals surface area contributed by atoms with Crippen LogP contribution < -0.4 is 10.3 Å². The van der Waals surface area contributed by atoms with E-state index in [1.165, 1.54) is 29.2 Å². The van der Waals surface area contributed by atoms with Crippen molar-refractivity contribution in [3.05, 3.63) is 83.0 Å². The molecule has 2 N–H and O–H groups in total. The fourth-order valence-electron chi connectivity index (χ4n) is 4.50. The molecule has 37 heavy (non-hydrogen) atoms. The molecule has 0 bridgehead atoms. The molecule has 0 atom stereocenters. The first-order chi connectivity index (χ1) is 17.6. The maximum Gasteiger partial charge on any atom is 0.264 e. The molecule has 0 unspecified atom stereocenters. The third kappa shape index (κ3) is 5.25. The molecule has 1 saturated heterocycles. The summed E-state index contributed by atoms with van der Waals surface area (Å²) in [4.78, 5) is 32.1. The monoisotopic (exact) mass is 522 g/mol. The number of piperidine rings is 1. The highest BCUT2D eigenvalue weighted by atomic mass is 32.2. The first-order valence-corrected chi connectivity index (χ1v) is 13.6. The molecular formula is C25H26N6O5S. The van der Waals surface area contributed by atoms with Gasteiger partial charge in [-0.15, -0.1) is 0 Å². The van der Waals surface area contributed by atoms with Gasteiger partial charge in [0.25, 0.3) is 11.5 Å². The van der Waals surface area contributed by atoms with Gasteiger partial charge in [-0.2, -0.15) is 5.10 Å². The van der Waals surface area contributed by atoms with E-state index in [2.05, 4.69) is 14.8 Å². The summed E-state index contributed by atoms with van der Waals surface area (Å²) in [5, 5.41) is 15.9. The number of rotatable bonds is 6. The first-order valence-electron chi connectivity index (χ1n) is 11.7. The van der Waals surface area contributed by atoms with E-state index in [1.54, 1.807) is 21.7 Å². The van der Waals surface area contributed by atoms with Crippen LogP contribution in [0.4, 0.5) is 5.69 Å². The summed E-state index contributed by atoms with van der Waals surface area (Å²) in [7, 11) is -3.40. The lowest BCUT2D eigenvalue weighted by molar-refractivity contribution is -0.0299. The Balaban J connectivity index is 1.26. The standard InChI is InChI=1S/C25H26N6O5S/c1-37(35,36)28-19-9-7-18(8-10-19)23(32)29-13-11-25(34,12-14-29)16-30-17-26-22-21(24(30)33)15-27-31(22)20-5-3-2-4-6-20/h2-10,15,17,28,34H,11-14,16H2,1H3. The number of nitrogens with one attached hydrogen (secondary N) is 1. The van der Waals surface area contributed by atoms with Gasteiger partial charge in [0.05, 0.1) is 30.3 Å². The second kappa shape index (κ2) is 9.45. The van der Waals surface area contributed by atoms with Crippen LogP contribution in [0.15, 0.2) is 71.9 Å². The van der Waals surface area contributed by atoms with Crippen molar-refractivity contribution >= 4 is 32.7 Å². The van der Waals surface area contributed by atoms with Crippen LogP contribution in [0.5, 0.6) is 0 Å². The molecule has 3 heterocycles. The summed E-state index contributed by atoms with van der Waals surface area (Å²) in [5.74, 6) is -0.207. The minimum Gasteiger partial charge on any atom is -0.388 e. The van der Waals surface area contributed by atoms with Crippen LogP contribution in [-0.2, 0) is 16.6 Å². The van der Waals surface area contributed by atoms with Gasteiger partial charge in [0.2, 0.25) is 10.0 Å². The third-order valence-corrected chi connectivity index (χ3v) is 7.04. The summed E-state index contributed by atoms with van der Waals surface area (Å²) >= 11 is 0. The van der Waals surface area contributed by atoms with Crippen molar-refractivity contribution in [2.24, 2.45) is 0 Å². The number of fused-ring (bicyclic) bond motifs is 1. The number of hydrogen-bond donors (Lipinski definition) is 2. The molecule has 0 radical (unpaired) electrons. The van der Waals surface area contributed by atoms with E-state index in [-0.39, 0.29) is 18.0 Å². The lowest BCUT2D eigenvalue weighted by atomic mass is 9.91. The van der Waals surface area contributed by atoms with Crippen LogP contribution in [0.25, 0.3) is 16.7 Å². The highest BCUT2D eigenvalue weighted by molar-refractivity contribution is 7.92. The van der Waals surface area contributed by atoms with Crippen LogP contribution in [0.1, 0.15) is 23.2 Å². The Labute approximate surface area is 213 Å². The van der Waals surface area contributed by atoms with E-state index in [1.807, 2.05) is 30.3 Å². The highest BCUT2D eigenvalue weighted by Crippen LogP contribution is 2.25. The number of para-hydroxylation sites is 1. The maximum atomic E-state index is 13.1. The Morgan fingerprint density at radius 1 is 1.08 bits per heavy atom. The van der Waals surface area contributed by atoms with Gasteiger partial charge < -0.3 is 10.0 Å². The number of carbonyl (C=O) groups is 1. The van der Waals surface area contributed by atoms with Crippen molar-refractivity contribution < 1.29 is 18.3 Å². The van der Waals surface area contributed by atoms with E-state index < -0.39 is 15.6 Å². The smallest absolute Gasteiger partial charge is 0.264 e. The number of benzene rings is 2. The van der Waals surface area contributed by atoms with Crippen LogP contribution >= 0.6 is 0 Å². The summed E-state index contributed by atoms with van der Waals surface area (Å²) in [6.07, 6.45) is 4.55. The molecule has 0 spiro atoms. The second-order valence-corrected chi connectivity index (χ2v) is 11.0. The Bertz CT molecular complexity index is 1610. The molecule has 11 nitrogen and oxygen atoms in total. The molecule has 1 amide bonds. The van der Waals surface area contributed by atoms with Gasteiger partial charge in [-0.25, -0.2) is 18.1 Å². The number of nitrogens with zero attached hydrogens (tertiary/aromatic N) is 5. The molecule has 1 aliphatic rings. The minimum absolute atomic E-state index is 0.0547. The van der Waals surface area contributed by atoms with Gasteiger partial charge in [0.15, 0.2) is 5.65 Å². The number of carbonyl (C=O) groups excluding carboxylic acids is 1. The normalized spacial score (nSPS) is 15.6. The summed E-state index contributed by atoms with van der Waals surface area (Å²) in [5.41, 5.74) is 0.566. The average molecular weight is 523 g/mol. The summed E-state index contributed by atoms with van der Waals surface area (Å²) in [6.45, 7) is 0.684. The molecule has 2 aromatic heterocycles. The van der Waals surface area contributed by atoms with Gasteiger partial charge in [0, 0.05) is 24.3 Å². The molecule has 4 aromatic rings. The van der Waals surface area contributed by atoms with E-state index in [0.29, 0.717) is 48.2 Å². The molecular weight excluding hydrogens is 496 g/mol. The number of anilines is 1. The number of sulfonamides is 1. The second-order valence-electron chi connectivity index (χ2n) is 9.27. The van der Waals surface area contributed by atoms with Gasteiger partial charge in [-0.3, -0.25) is 18.9 Å². The predicted molar refractivity (Wildman–Crippen MR) is 138 cm³/mol. The molecule has 5 rings (SSSR count). The number of amides is 1. The molecule has 1 fully saturated rings. The quantitative estimate of drug-likeness (QED) is 0.392. The summed E-state index contributed by atoms with van der Waals surface area (Å²) in [6, 6.07) is 15.6. The van der Waals surface area contributed by atoms with Crippen molar-refractivity contribution in [2.75, 3.05) is 24.1 Å². The Morgan fingerprint density at radius 2 is 1.76 bits per heavy atom. The zero-order valence-electron chi connectivity index (χ0n) is 20.1. The highest BCUT2D eigenvalue weighted by Gasteiger charge is 2.35. The Morgan fingerprint density at radius 3 is 2.41 bits per heavy atom. The Kier molecular flexibility index (Phi) is 6.30.